The van der Waals surface area contributed by atoms with Gasteiger partial charge in [0.05, 0.1) is 17.2 Å². The molecule has 0 saturated carbocycles. The molecule has 0 bridgehead atoms. The van der Waals surface area contributed by atoms with Gasteiger partial charge in [-0.25, -0.2) is 0 Å². The van der Waals surface area contributed by atoms with E-state index < -0.39 is 31.8 Å². The lowest BCUT2D eigenvalue weighted by atomic mass is 10.2. The third kappa shape index (κ3) is 4.88. The third-order valence-corrected chi connectivity index (χ3v) is 3.49. The summed E-state index contributed by atoms with van der Waals surface area (Å²) in [5.74, 6) is -0.850. The van der Waals surface area contributed by atoms with Crippen molar-refractivity contribution in [1.29, 1.82) is 0 Å². The largest absolute Gasteiger partial charge is 0.406 e. The Labute approximate surface area is 123 Å². The summed E-state index contributed by atoms with van der Waals surface area (Å²) in [6.07, 6.45) is -2.76. The van der Waals surface area contributed by atoms with Crippen molar-refractivity contribution in [2.45, 2.75) is 11.1 Å². The van der Waals surface area contributed by atoms with E-state index in [9.17, 15) is 18.0 Å². The second kappa shape index (κ2) is 7.19. The van der Waals surface area contributed by atoms with Crippen molar-refractivity contribution in [3.05, 3.63) is 28.8 Å². The SMILES string of the molecule is CSc1ccc(Cl)c(C(=O)N(CCO)CC(F)(F)F)c1. The average molecular weight is 328 g/mol. The number of carbonyl (C=O) groups is 1. The van der Waals surface area contributed by atoms with Crippen molar-refractivity contribution >= 4 is 29.3 Å². The van der Waals surface area contributed by atoms with Crippen LogP contribution < -0.4 is 0 Å². The van der Waals surface area contributed by atoms with E-state index in [2.05, 4.69) is 0 Å². The van der Waals surface area contributed by atoms with Gasteiger partial charge in [0.1, 0.15) is 6.54 Å². The van der Waals surface area contributed by atoms with Crippen LogP contribution >= 0.6 is 23.4 Å². The van der Waals surface area contributed by atoms with Crippen molar-refractivity contribution < 1.29 is 23.1 Å². The van der Waals surface area contributed by atoms with E-state index >= 15 is 0 Å². The number of aliphatic hydroxyl groups excluding tert-OH is 1. The lowest BCUT2D eigenvalue weighted by molar-refractivity contribution is -0.141. The molecule has 1 aromatic carbocycles. The molecule has 20 heavy (non-hydrogen) atoms. The number of nitrogens with zero attached hydrogens (tertiary/aromatic N) is 1. The number of benzene rings is 1. The maximum absolute atomic E-state index is 12.4. The van der Waals surface area contributed by atoms with Gasteiger partial charge in [0.15, 0.2) is 0 Å². The highest BCUT2D eigenvalue weighted by Crippen LogP contribution is 2.25. The van der Waals surface area contributed by atoms with Gasteiger partial charge in [-0.1, -0.05) is 11.6 Å². The van der Waals surface area contributed by atoms with Crippen LogP contribution in [0.4, 0.5) is 13.2 Å². The number of halogens is 4. The molecule has 1 N–H and O–H groups in total. The molecule has 1 aromatic rings. The molecule has 0 radical (unpaired) electrons. The van der Waals surface area contributed by atoms with E-state index in [0.717, 1.165) is 0 Å². The highest BCUT2D eigenvalue weighted by atomic mass is 35.5. The van der Waals surface area contributed by atoms with E-state index in [0.29, 0.717) is 9.80 Å². The smallest absolute Gasteiger partial charge is 0.395 e. The van der Waals surface area contributed by atoms with Gasteiger partial charge in [-0.3, -0.25) is 4.79 Å². The van der Waals surface area contributed by atoms with Gasteiger partial charge in [-0.15, -0.1) is 11.8 Å². The topological polar surface area (TPSA) is 40.5 Å². The van der Waals surface area contributed by atoms with E-state index in [-0.39, 0.29) is 10.6 Å². The number of hydrogen-bond donors (Lipinski definition) is 1. The van der Waals surface area contributed by atoms with E-state index in [1.54, 1.807) is 12.3 Å². The van der Waals surface area contributed by atoms with Gasteiger partial charge in [-0.05, 0) is 24.5 Å². The van der Waals surface area contributed by atoms with Crippen molar-refractivity contribution in [3.8, 4) is 0 Å². The van der Waals surface area contributed by atoms with Crippen LogP contribution in [0.1, 0.15) is 10.4 Å². The molecule has 1 amide bonds. The minimum Gasteiger partial charge on any atom is -0.395 e. The Morgan fingerprint density at radius 2 is 2.10 bits per heavy atom. The van der Waals surface area contributed by atoms with Crippen molar-refractivity contribution in [2.75, 3.05) is 26.0 Å². The van der Waals surface area contributed by atoms with Gasteiger partial charge in [0.2, 0.25) is 0 Å². The number of carbonyl (C=O) groups excluding carboxylic acids is 1. The summed E-state index contributed by atoms with van der Waals surface area (Å²) in [5, 5.41) is 8.88. The first kappa shape index (κ1) is 17.1. The molecule has 8 heteroatoms. The summed E-state index contributed by atoms with van der Waals surface area (Å²) in [6, 6.07) is 4.57. The molecule has 0 spiro atoms. The molecular weight excluding hydrogens is 315 g/mol. The summed E-state index contributed by atoms with van der Waals surface area (Å²) in [7, 11) is 0. The average Bonchev–Trinajstić information content (AvgIpc) is 2.36. The Balaban J connectivity index is 3.05. The fourth-order valence-corrected chi connectivity index (χ4v) is 2.19. The van der Waals surface area contributed by atoms with Crippen LogP contribution in [0.3, 0.4) is 0 Å². The van der Waals surface area contributed by atoms with Crippen LogP contribution in [-0.4, -0.2) is 48.0 Å². The number of hydrogen-bond acceptors (Lipinski definition) is 3. The molecule has 0 aliphatic rings. The second-order valence-corrected chi connectivity index (χ2v) is 5.20. The van der Waals surface area contributed by atoms with Gasteiger partial charge in [0, 0.05) is 11.4 Å². The normalized spacial score (nSPS) is 11.5. The lowest BCUT2D eigenvalue weighted by Crippen LogP contribution is -2.40. The highest BCUT2D eigenvalue weighted by molar-refractivity contribution is 7.98. The number of rotatable bonds is 5. The van der Waals surface area contributed by atoms with E-state index in [4.69, 9.17) is 16.7 Å². The lowest BCUT2D eigenvalue weighted by Gasteiger charge is -2.23. The molecule has 0 saturated heterocycles. The maximum atomic E-state index is 12.4. The molecule has 112 valence electrons. The molecule has 0 aliphatic carbocycles. The number of amides is 1. The van der Waals surface area contributed by atoms with Crippen molar-refractivity contribution in [2.24, 2.45) is 0 Å². The summed E-state index contributed by atoms with van der Waals surface area (Å²) in [5.41, 5.74) is -0.00350. The number of aliphatic hydroxyl groups is 1. The van der Waals surface area contributed by atoms with Crippen LogP contribution in [0.2, 0.25) is 5.02 Å². The zero-order chi connectivity index (χ0) is 15.3. The van der Waals surface area contributed by atoms with E-state index in [1.165, 1.54) is 23.9 Å². The summed E-state index contributed by atoms with van der Waals surface area (Å²) in [6.45, 7) is -2.38. The van der Waals surface area contributed by atoms with Crippen LogP contribution in [0.25, 0.3) is 0 Å². The second-order valence-electron chi connectivity index (χ2n) is 3.91. The Bertz CT molecular complexity index is 482. The van der Waals surface area contributed by atoms with Crippen molar-refractivity contribution in [1.82, 2.24) is 4.90 Å². The molecule has 1 rings (SSSR count). The fourth-order valence-electron chi connectivity index (χ4n) is 1.56. The Hall–Kier alpha value is -0.920. The first-order chi connectivity index (χ1) is 9.28. The predicted molar refractivity (Wildman–Crippen MR) is 72.3 cm³/mol. The van der Waals surface area contributed by atoms with Crippen LogP contribution in [-0.2, 0) is 0 Å². The van der Waals surface area contributed by atoms with Crippen LogP contribution in [0.15, 0.2) is 23.1 Å². The zero-order valence-electron chi connectivity index (χ0n) is 10.6. The molecule has 0 atom stereocenters. The molecule has 0 heterocycles. The van der Waals surface area contributed by atoms with Crippen LogP contribution in [0.5, 0.6) is 0 Å². The molecule has 0 aromatic heterocycles. The third-order valence-electron chi connectivity index (χ3n) is 2.43. The summed E-state index contributed by atoms with van der Waals surface area (Å²) < 4.78 is 37.3. The minimum absolute atomic E-state index is 0.00350. The van der Waals surface area contributed by atoms with Gasteiger partial charge in [0.25, 0.3) is 5.91 Å². The molecule has 0 aliphatic heterocycles. The molecule has 0 unspecified atom stereocenters. The molecular formula is C12H13ClF3NO2S. The van der Waals surface area contributed by atoms with Crippen LogP contribution in [0, 0.1) is 0 Å². The highest BCUT2D eigenvalue weighted by Gasteiger charge is 2.33. The van der Waals surface area contributed by atoms with Gasteiger partial charge >= 0.3 is 6.18 Å². The standard InChI is InChI=1S/C12H13ClF3NO2S/c1-20-8-2-3-10(13)9(6-8)11(19)17(4-5-18)7-12(14,15)16/h2-3,6,18H,4-5,7H2,1H3. The number of thioether (sulfide) groups is 1. The summed E-state index contributed by atoms with van der Waals surface area (Å²) >= 11 is 7.21. The van der Waals surface area contributed by atoms with Crippen molar-refractivity contribution in [3.63, 3.8) is 0 Å². The maximum Gasteiger partial charge on any atom is 0.406 e. The fraction of sp³-hybridized carbons (Fsp3) is 0.417. The predicted octanol–water partition coefficient (Wildman–Crippen LogP) is 3.06. The minimum atomic E-state index is -4.53. The van der Waals surface area contributed by atoms with Gasteiger partial charge in [-0.2, -0.15) is 13.2 Å². The monoisotopic (exact) mass is 327 g/mol. The Kier molecular flexibility index (Phi) is 6.16. The van der Waals surface area contributed by atoms with E-state index in [1.807, 2.05) is 0 Å². The summed E-state index contributed by atoms with van der Waals surface area (Å²) in [4.78, 5) is 13.4. The molecule has 0 fully saturated rings. The number of alkyl halides is 3. The zero-order valence-corrected chi connectivity index (χ0v) is 12.1. The van der Waals surface area contributed by atoms with Gasteiger partial charge < -0.3 is 10.0 Å². The quantitative estimate of drug-likeness (QED) is 0.845. The first-order valence-electron chi connectivity index (χ1n) is 5.59. The Morgan fingerprint density at radius 1 is 1.45 bits per heavy atom. The Morgan fingerprint density at radius 3 is 2.60 bits per heavy atom. The first-order valence-corrected chi connectivity index (χ1v) is 7.19. The molecule has 3 nitrogen and oxygen atoms in total.